The molecule has 3 amide bonds. The maximum absolute atomic E-state index is 13.9. The van der Waals surface area contributed by atoms with Crippen LogP contribution in [0.2, 0.25) is 26.1 Å². The van der Waals surface area contributed by atoms with Crippen LogP contribution >= 0.6 is 58.2 Å². The molecule has 4 saturated carbocycles. The van der Waals surface area contributed by atoms with Gasteiger partial charge in [-0.05, 0) is 159 Å². The third-order valence-electron chi connectivity index (χ3n) is 15.5. The fourth-order valence-electron chi connectivity index (χ4n) is 12.3. The minimum Gasteiger partial charge on any atom is -0.446 e. The number of benzene rings is 2. The molecule has 64 heavy (non-hydrogen) atoms. The molecule has 0 saturated heterocycles. The Morgan fingerprint density at radius 1 is 0.766 bits per heavy atom. The van der Waals surface area contributed by atoms with Crippen LogP contribution in [0.15, 0.2) is 36.4 Å². The number of halogens is 4. The van der Waals surface area contributed by atoms with Gasteiger partial charge in [-0.15, -0.1) is 0 Å². The SMILES string of the molecule is CO[Si](CCCSCCCNC(=O)CC[C@@H](C)[C@H]1CC[C@H]2[C@@H]3CC[C@@H]4C[C@H](OC(=O)Nc5cc(Cl)cc(Cl)c5)CC[C@]4(C)[C@H]3C[C@H](OC(=O)Nc3cc(Cl)cc(Cl)c3)[C@]12C)(OC)OC. The van der Waals surface area contributed by atoms with E-state index in [2.05, 4.69) is 36.7 Å². The lowest BCUT2D eigenvalue weighted by atomic mass is 9.43. The average Bonchev–Trinajstić information content (AvgIpc) is 3.60. The van der Waals surface area contributed by atoms with Crippen molar-refractivity contribution in [3.8, 4) is 0 Å². The molecule has 356 valence electrons. The van der Waals surface area contributed by atoms with Crippen LogP contribution in [0.5, 0.6) is 0 Å². The maximum atomic E-state index is 13.9. The molecular weight excluding hydrogens is 936 g/mol. The number of hydrogen-bond donors (Lipinski definition) is 3. The average molecular weight is 1000 g/mol. The van der Waals surface area contributed by atoms with Crippen LogP contribution in [0, 0.1) is 46.3 Å². The van der Waals surface area contributed by atoms with E-state index in [-0.39, 0.29) is 40.8 Å². The van der Waals surface area contributed by atoms with E-state index in [4.69, 9.17) is 69.2 Å². The second-order valence-electron chi connectivity index (χ2n) is 18.9. The summed E-state index contributed by atoms with van der Waals surface area (Å²) in [6.45, 7) is 7.72. The monoisotopic (exact) mass is 1000 g/mol. The summed E-state index contributed by atoms with van der Waals surface area (Å²) in [6.07, 6.45) is 8.96. The second-order valence-corrected chi connectivity index (χ2v) is 25.0. The third-order valence-corrected chi connectivity index (χ3v) is 20.4. The molecular formula is C47H67Cl4N3O8SSi. The predicted octanol–water partition coefficient (Wildman–Crippen LogP) is 13.0. The summed E-state index contributed by atoms with van der Waals surface area (Å²) < 4.78 is 29.2. The molecule has 0 bridgehead atoms. The zero-order valence-corrected chi connectivity index (χ0v) is 42.9. The van der Waals surface area contributed by atoms with Gasteiger partial charge >= 0.3 is 21.0 Å². The summed E-state index contributed by atoms with van der Waals surface area (Å²) in [5.74, 6) is 4.10. The minimum absolute atomic E-state index is 0.00851. The molecule has 0 radical (unpaired) electrons. The molecule has 4 aliphatic rings. The molecule has 17 heteroatoms. The molecule has 6 rings (SSSR count). The number of anilines is 2. The van der Waals surface area contributed by atoms with Crippen molar-refractivity contribution < 1.29 is 37.1 Å². The highest BCUT2D eigenvalue weighted by atomic mass is 35.5. The van der Waals surface area contributed by atoms with Gasteiger partial charge in [0.2, 0.25) is 5.91 Å². The van der Waals surface area contributed by atoms with E-state index >= 15 is 0 Å². The Labute approximate surface area is 405 Å². The van der Waals surface area contributed by atoms with Gasteiger partial charge < -0.3 is 28.1 Å². The van der Waals surface area contributed by atoms with Gasteiger partial charge in [0.15, 0.2) is 0 Å². The van der Waals surface area contributed by atoms with E-state index in [1.807, 2.05) is 11.8 Å². The molecule has 0 heterocycles. The summed E-state index contributed by atoms with van der Waals surface area (Å²) >= 11 is 26.8. The lowest BCUT2D eigenvalue weighted by Gasteiger charge is -2.62. The minimum atomic E-state index is -2.54. The Hall–Kier alpha value is -1.94. The Bertz CT molecular complexity index is 1890. The van der Waals surface area contributed by atoms with E-state index in [9.17, 15) is 14.4 Å². The van der Waals surface area contributed by atoms with Crippen LogP contribution in [0.25, 0.3) is 0 Å². The Balaban J connectivity index is 1.08. The number of thioether (sulfide) groups is 1. The van der Waals surface area contributed by atoms with Crippen molar-refractivity contribution in [2.75, 3.05) is 50.0 Å². The fourth-order valence-corrected chi connectivity index (χ4v) is 16.3. The quantitative estimate of drug-likeness (QED) is 0.0929. The molecule has 10 atom stereocenters. The Kier molecular flexibility index (Phi) is 18.4. The number of carbonyl (C=O) groups excluding carboxylic acids is 3. The van der Waals surface area contributed by atoms with Crippen LogP contribution in [0.4, 0.5) is 21.0 Å². The highest BCUT2D eigenvalue weighted by Crippen LogP contribution is 2.69. The summed E-state index contributed by atoms with van der Waals surface area (Å²) in [4.78, 5) is 40.1. The van der Waals surface area contributed by atoms with E-state index in [1.54, 1.807) is 57.7 Å². The van der Waals surface area contributed by atoms with Crippen molar-refractivity contribution in [1.82, 2.24) is 5.32 Å². The largest absolute Gasteiger partial charge is 0.500 e. The number of nitrogens with one attached hydrogen (secondary N) is 3. The summed E-state index contributed by atoms with van der Waals surface area (Å²) in [7, 11) is 2.38. The fraction of sp³-hybridized carbons (Fsp3) is 0.681. The van der Waals surface area contributed by atoms with Crippen LogP contribution in [0.3, 0.4) is 0 Å². The molecule has 0 aromatic heterocycles. The van der Waals surface area contributed by atoms with Crippen molar-refractivity contribution in [2.45, 2.75) is 116 Å². The molecule has 4 fully saturated rings. The lowest BCUT2D eigenvalue weighted by molar-refractivity contribution is -0.174. The van der Waals surface area contributed by atoms with Gasteiger partial charge in [-0.1, -0.05) is 67.2 Å². The maximum Gasteiger partial charge on any atom is 0.500 e. The highest BCUT2D eigenvalue weighted by molar-refractivity contribution is 7.99. The van der Waals surface area contributed by atoms with Crippen molar-refractivity contribution in [3.05, 3.63) is 56.5 Å². The van der Waals surface area contributed by atoms with Crippen LogP contribution < -0.4 is 16.0 Å². The van der Waals surface area contributed by atoms with Gasteiger partial charge in [0.25, 0.3) is 0 Å². The Morgan fingerprint density at radius 2 is 1.36 bits per heavy atom. The highest BCUT2D eigenvalue weighted by Gasteiger charge is 2.65. The van der Waals surface area contributed by atoms with E-state index < -0.39 is 21.0 Å². The zero-order valence-electron chi connectivity index (χ0n) is 38.1. The molecule has 0 aliphatic heterocycles. The number of carbonyl (C=O) groups is 3. The summed E-state index contributed by atoms with van der Waals surface area (Å²) in [6, 6.07) is 10.6. The van der Waals surface area contributed by atoms with Crippen LogP contribution in [-0.4, -0.2) is 78.5 Å². The molecule has 2 aromatic carbocycles. The van der Waals surface area contributed by atoms with Crippen molar-refractivity contribution in [1.29, 1.82) is 0 Å². The van der Waals surface area contributed by atoms with Gasteiger partial charge in [0.1, 0.15) is 12.2 Å². The number of amides is 3. The van der Waals surface area contributed by atoms with E-state index in [0.717, 1.165) is 88.2 Å². The van der Waals surface area contributed by atoms with Crippen LogP contribution in [0.1, 0.15) is 97.8 Å². The molecule has 3 N–H and O–H groups in total. The molecule has 0 spiro atoms. The first-order chi connectivity index (χ1) is 30.5. The summed E-state index contributed by atoms with van der Waals surface area (Å²) in [5, 5.41) is 10.6. The number of rotatable bonds is 19. The molecule has 11 nitrogen and oxygen atoms in total. The van der Waals surface area contributed by atoms with Gasteiger partial charge in [-0.3, -0.25) is 15.4 Å². The van der Waals surface area contributed by atoms with E-state index in [1.165, 1.54) is 0 Å². The van der Waals surface area contributed by atoms with Gasteiger partial charge in [-0.25, -0.2) is 9.59 Å². The standard InChI is InChI=1S/C47H67Cl4N3O8SSi/c1-29(9-14-43(55)52-17-7-18-63-19-8-20-64(58-4,59-5)60-6)39-12-13-40-38-11-10-30-21-37(61-44(56)53-35-24-31(48)22-32(49)25-35)15-16-46(30,2)41(38)28-42(47(39,40)3)62-45(57)54-36-26-33(50)23-34(51)27-36/h22-27,29-30,37-42H,7-21,28H2,1-6H3,(H,52,55)(H,53,56)(H,54,57)/t29-,30-,37-,38+,39-,40+,41+,42+,46+,47-/m1/s1. The van der Waals surface area contributed by atoms with Crippen molar-refractivity contribution in [2.24, 2.45) is 46.3 Å². The first-order valence-electron chi connectivity index (χ1n) is 22.9. The van der Waals surface area contributed by atoms with Gasteiger partial charge in [0, 0.05) is 77.2 Å². The van der Waals surface area contributed by atoms with Gasteiger partial charge in [0.05, 0.1) is 0 Å². The third kappa shape index (κ3) is 12.4. The first-order valence-corrected chi connectivity index (χ1v) is 27.5. The van der Waals surface area contributed by atoms with Crippen LogP contribution in [-0.2, 0) is 27.5 Å². The molecule has 0 unspecified atom stereocenters. The van der Waals surface area contributed by atoms with Crippen molar-refractivity contribution >= 4 is 96.4 Å². The molecule has 4 aliphatic carbocycles. The summed E-state index contributed by atoms with van der Waals surface area (Å²) in [5.41, 5.74) is 0.685. The normalized spacial score (nSPS) is 29.1. The van der Waals surface area contributed by atoms with Gasteiger partial charge in [-0.2, -0.15) is 11.8 Å². The zero-order chi connectivity index (χ0) is 46.2. The Morgan fingerprint density at radius 3 is 1.97 bits per heavy atom. The smallest absolute Gasteiger partial charge is 0.446 e. The lowest BCUT2D eigenvalue weighted by Crippen LogP contribution is -2.60. The first kappa shape index (κ1) is 51.4. The molecule has 2 aromatic rings. The second kappa shape index (κ2) is 22.9. The number of ether oxygens (including phenoxy) is 2. The number of hydrogen-bond acceptors (Lipinski definition) is 9. The predicted molar refractivity (Wildman–Crippen MR) is 261 cm³/mol. The number of fused-ring (bicyclic) bond motifs is 5. The topological polar surface area (TPSA) is 133 Å². The van der Waals surface area contributed by atoms with Crippen molar-refractivity contribution in [3.63, 3.8) is 0 Å². The van der Waals surface area contributed by atoms with E-state index in [0.29, 0.717) is 68.1 Å².